The van der Waals surface area contributed by atoms with Gasteiger partial charge in [0.05, 0.1) is 9.88 Å². The van der Waals surface area contributed by atoms with Crippen LogP contribution >= 0.6 is 11.3 Å². The zero-order valence-electron chi connectivity index (χ0n) is 11.8. The summed E-state index contributed by atoms with van der Waals surface area (Å²) in [5, 5.41) is 10.2. The lowest BCUT2D eigenvalue weighted by Crippen LogP contribution is -2.33. The Bertz CT molecular complexity index is 456. The Morgan fingerprint density at radius 2 is 2.32 bits per heavy atom. The maximum atomic E-state index is 11.3. The van der Waals surface area contributed by atoms with Crippen molar-refractivity contribution in [3.05, 3.63) is 15.6 Å². The van der Waals surface area contributed by atoms with Gasteiger partial charge in [-0.25, -0.2) is 9.78 Å². The van der Waals surface area contributed by atoms with Gasteiger partial charge in [0.15, 0.2) is 5.69 Å². The maximum Gasteiger partial charge on any atom is 0.355 e. The van der Waals surface area contributed by atoms with E-state index in [9.17, 15) is 9.90 Å². The minimum atomic E-state index is -0.900. The third-order valence-electron chi connectivity index (χ3n) is 3.52. The van der Waals surface area contributed by atoms with Crippen molar-refractivity contribution >= 4 is 17.3 Å². The van der Waals surface area contributed by atoms with Crippen LogP contribution in [-0.2, 0) is 6.54 Å². The third kappa shape index (κ3) is 3.54. The van der Waals surface area contributed by atoms with Crippen LogP contribution in [0.3, 0.4) is 0 Å². The van der Waals surface area contributed by atoms with E-state index < -0.39 is 5.97 Å². The predicted molar refractivity (Wildman–Crippen MR) is 76.8 cm³/mol. The third-order valence-corrected chi connectivity index (χ3v) is 4.86. The van der Waals surface area contributed by atoms with E-state index in [0.29, 0.717) is 5.92 Å². The molecule has 0 spiro atoms. The number of aromatic carboxylic acids is 1. The Balaban J connectivity index is 2.16. The van der Waals surface area contributed by atoms with Crippen molar-refractivity contribution in [2.24, 2.45) is 5.92 Å². The molecule has 5 heteroatoms. The van der Waals surface area contributed by atoms with Crippen molar-refractivity contribution in [1.29, 1.82) is 0 Å². The quantitative estimate of drug-likeness (QED) is 0.921. The van der Waals surface area contributed by atoms with Gasteiger partial charge in [0.1, 0.15) is 0 Å². The van der Waals surface area contributed by atoms with Crippen molar-refractivity contribution < 1.29 is 9.90 Å². The molecular weight excluding hydrogens is 260 g/mol. The van der Waals surface area contributed by atoms with Crippen LogP contribution in [0, 0.1) is 5.92 Å². The van der Waals surface area contributed by atoms with E-state index in [1.807, 2.05) is 0 Å². The van der Waals surface area contributed by atoms with Crippen molar-refractivity contribution in [3.63, 3.8) is 0 Å². The number of nitrogens with zero attached hydrogens (tertiary/aromatic N) is 2. The Labute approximate surface area is 118 Å². The Morgan fingerprint density at radius 1 is 1.58 bits per heavy atom. The molecule has 19 heavy (non-hydrogen) atoms. The molecule has 1 fully saturated rings. The number of piperidine rings is 1. The summed E-state index contributed by atoms with van der Waals surface area (Å²) < 4.78 is 0. The predicted octanol–water partition coefficient (Wildman–Crippen LogP) is 3.20. The van der Waals surface area contributed by atoms with E-state index in [1.54, 1.807) is 11.3 Å². The number of carboxylic acid groups (broad SMARTS) is 1. The SMILES string of the molecule is CC1CCCN(Cc2sc(C(C)C)nc2C(=O)O)C1. The summed E-state index contributed by atoms with van der Waals surface area (Å²) in [5.41, 5.74) is 0.256. The molecule has 0 bridgehead atoms. The van der Waals surface area contributed by atoms with Crippen LogP contribution in [-0.4, -0.2) is 34.0 Å². The lowest BCUT2D eigenvalue weighted by molar-refractivity contribution is 0.0688. The number of thiazole rings is 1. The molecule has 1 aromatic rings. The van der Waals surface area contributed by atoms with Gasteiger partial charge in [-0.15, -0.1) is 11.3 Å². The number of hydrogen-bond donors (Lipinski definition) is 1. The van der Waals surface area contributed by atoms with Gasteiger partial charge >= 0.3 is 5.97 Å². The first kappa shape index (κ1) is 14.5. The lowest BCUT2D eigenvalue weighted by Gasteiger charge is -2.30. The second-order valence-electron chi connectivity index (χ2n) is 5.77. The molecule has 1 aromatic heterocycles. The highest BCUT2D eigenvalue weighted by Gasteiger charge is 2.23. The summed E-state index contributed by atoms with van der Waals surface area (Å²) in [4.78, 5) is 18.8. The number of carbonyl (C=O) groups is 1. The molecule has 1 unspecified atom stereocenters. The molecule has 1 atom stereocenters. The van der Waals surface area contributed by atoms with Crippen LogP contribution in [0.5, 0.6) is 0 Å². The standard InChI is InChI=1S/C14H22N2O2S/c1-9(2)13-15-12(14(17)18)11(19-13)8-16-6-4-5-10(3)7-16/h9-10H,4-8H2,1-3H3,(H,17,18). The first-order chi connectivity index (χ1) is 8.97. The highest BCUT2D eigenvalue weighted by atomic mass is 32.1. The molecule has 2 rings (SSSR count). The van der Waals surface area contributed by atoms with Gasteiger partial charge in [-0.05, 0) is 25.3 Å². The largest absolute Gasteiger partial charge is 0.476 e. The fourth-order valence-corrected chi connectivity index (χ4v) is 3.63. The van der Waals surface area contributed by atoms with Gasteiger partial charge in [0.2, 0.25) is 0 Å². The average molecular weight is 282 g/mol. The zero-order chi connectivity index (χ0) is 14.0. The summed E-state index contributed by atoms with van der Waals surface area (Å²) in [6.07, 6.45) is 2.49. The summed E-state index contributed by atoms with van der Waals surface area (Å²) in [6, 6.07) is 0. The number of carboxylic acids is 1. The Kier molecular flexibility index (Phi) is 4.58. The summed E-state index contributed by atoms with van der Waals surface area (Å²) in [5.74, 6) is 0.0971. The number of rotatable bonds is 4. The fraction of sp³-hybridized carbons (Fsp3) is 0.714. The van der Waals surface area contributed by atoms with Crippen molar-refractivity contribution in [3.8, 4) is 0 Å². The molecule has 0 saturated carbocycles. The second-order valence-corrected chi connectivity index (χ2v) is 6.88. The molecular formula is C14H22N2O2S. The fourth-order valence-electron chi connectivity index (χ4n) is 2.52. The van der Waals surface area contributed by atoms with Gasteiger partial charge in [-0.2, -0.15) is 0 Å². The molecule has 2 heterocycles. The zero-order valence-corrected chi connectivity index (χ0v) is 12.7. The van der Waals surface area contributed by atoms with E-state index in [1.165, 1.54) is 12.8 Å². The second kappa shape index (κ2) is 6.01. The number of hydrogen-bond acceptors (Lipinski definition) is 4. The molecule has 1 aliphatic rings. The van der Waals surface area contributed by atoms with Crippen LogP contribution in [0.1, 0.15) is 59.9 Å². The van der Waals surface area contributed by atoms with Crippen LogP contribution in [0.25, 0.3) is 0 Å². The van der Waals surface area contributed by atoms with Gasteiger partial charge in [0, 0.05) is 19.0 Å². The molecule has 1 saturated heterocycles. The van der Waals surface area contributed by atoms with Crippen LogP contribution < -0.4 is 0 Å². The topological polar surface area (TPSA) is 53.4 Å². The smallest absolute Gasteiger partial charge is 0.355 e. The van der Waals surface area contributed by atoms with Gasteiger partial charge < -0.3 is 5.11 Å². The molecule has 1 N–H and O–H groups in total. The summed E-state index contributed by atoms with van der Waals surface area (Å²) in [7, 11) is 0. The first-order valence-corrected chi connectivity index (χ1v) is 7.74. The molecule has 106 valence electrons. The summed E-state index contributed by atoms with van der Waals surface area (Å²) in [6.45, 7) is 9.23. The van der Waals surface area contributed by atoms with E-state index in [4.69, 9.17) is 0 Å². The van der Waals surface area contributed by atoms with E-state index >= 15 is 0 Å². The van der Waals surface area contributed by atoms with Crippen LogP contribution in [0.2, 0.25) is 0 Å². The van der Waals surface area contributed by atoms with Crippen molar-refractivity contribution in [2.45, 2.75) is 46.1 Å². The van der Waals surface area contributed by atoms with Crippen molar-refractivity contribution in [1.82, 2.24) is 9.88 Å². The van der Waals surface area contributed by atoms with E-state index in [0.717, 1.165) is 29.5 Å². The highest BCUT2D eigenvalue weighted by Crippen LogP contribution is 2.27. The summed E-state index contributed by atoms with van der Waals surface area (Å²) >= 11 is 1.56. The van der Waals surface area contributed by atoms with Gasteiger partial charge in [-0.3, -0.25) is 4.90 Å². The van der Waals surface area contributed by atoms with Crippen LogP contribution in [0.4, 0.5) is 0 Å². The average Bonchev–Trinajstić information content (AvgIpc) is 2.73. The Hall–Kier alpha value is -0.940. The van der Waals surface area contributed by atoms with Gasteiger partial charge in [0.25, 0.3) is 0 Å². The minimum Gasteiger partial charge on any atom is -0.476 e. The molecule has 0 aliphatic carbocycles. The monoisotopic (exact) mass is 282 g/mol. The normalized spacial score (nSPS) is 20.9. The van der Waals surface area contributed by atoms with Crippen molar-refractivity contribution in [2.75, 3.05) is 13.1 Å². The molecule has 0 amide bonds. The highest BCUT2D eigenvalue weighted by molar-refractivity contribution is 7.12. The molecule has 0 aromatic carbocycles. The van der Waals surface area contributed by atoms with Gasteiger partial charge in [-0.1, -0.05) is 20.8 Å². The molecule has 1 aliphatic heterocycles. The van der Waals surface area contributed by atoms with E-state index in [2.05, 4.69) is 30.7 Å². The Morgan fingerprint density at radius 3 is 2.89 bits per heavy atom. The molecule has 4 nitrogen and oxygen atoms in total. The van der Waals surface area contributed by atoms with E-state index in [-0.39, 0.29) is 11.6 Å². The first-order valence-electron chi connectivity index (χ1n) is 6.92. The molecule has 0 radical (unpaired) electrons. The van der Waals surface area contributed by atoms with Crippen LogP contribution in [0.15, 0.2) is 0 Å². The lowest BCUT2D eigenvalue weighted by atomic mass is 10.0. The number of likely N-dealkylation sites (tertiary alicyclic amines) is 1. The minimum absolute atomic E-state index is 0.256. The maximum absolute atomic E-state index is 11.3. The number of aromatic nitrogens is 1.